The van der Waals surface area contributed by atoms with Crippen LogP contribution < -0.4 is 11.3 Å². The van der Waals surface area contributed by atoms with Crippen LogP contribution in [0.3, 0.4) is 0 Å². The Balaban J connectivity index is 1.71. The quantitative estimate of drug-likeness (QED) is 0.383. The number of hydrogen-bond acceptors (Lipinski definition) is 3. The summed E-state index contributed by atoms with van der Waals surface area (Å²) in [5, 5.41) is 0. The van der Waals surface area contributed by atoms with Crippen LogP contribution in [0.15, 0.2) is 27.8 Å². The first kappa shape index (κ1) is 13.5. The molecule has 1 aromatic heterocycles. The molecule has 0 atom stereocenters. The summed E-state index contributed by atoms with van der Waals surface area (Å²) in [7, 11) is 0. The minimum Gasteiger partial charge on any atom is -0.467 e. The van der Waals surface area contributed by atoms with Crippen LogP contribution in [0.5, 0.6) is 0 Å². The van der Waals surface area contributed by atoms with Crippen molar-refractivity contribution in [1.82, 2.24) is 10.3 Å². The first-order valence-electron chi connectivity index (χ1n) is 7.70. The van der Waals surface area contributed by atoms with Gasteiger partial charge >= 0.3 is 0 Å². The first-order chi connectivity index (χ1) is 9.86. The number of hydrogen-bond donors (Lipinski definition) is 2. The molecule has 2 aliphatic carbocycles. The van der Waals surface area contributed by atoms with E-state index in [1.165, 1.54) is 44.9 Å². The van der Waals surface area contributed by atoms with Gasteiger partial charge in [0.15, 0.2) is 0 Å². The smallest absolute Gasteiger partial charge is 0.209 e. The highest BCUT2D eigenvalue weighted by atomic mass is 16.3. The molecule has 0 amide bonds. The number of nitrogens with two attached hydrogens (primary N) is 1. The maximum Gasteiger partial charge on any atom is 0.209 e. The molecule has 1 heterocycles. The molecule has 0 saturated heterocycles. The van der Waals surface area contributed by atoms with E-state index in [0.717, 1.165) is 18.3 Å². The number of guanidine groups is 1. The van der Waals surface area contributed by atoms with Gasteiger partial charge in [-0.3, -0.25) is 5.43 Å². The van der Waals surface area contributed by atoms with Crippen molar-refractivity contribution in [3.8, 4) is 0 Å². The molecule has 2 saturated carbocycles. The fourth-order valence-corrected chi connectivity index (χ4v) is 2.91. The normalized spacial score (nSPS) is 20.9. The van der Waals surface area contributed by atoms with E-state index in [1.54, 1.807) is 6.26 Å². The molecule has 0 aromatic carbocycles. The van der Waals surface area contributed by atoms with Gasteiger partial charge in [0.25, 0.3) is 0 Å². The summed E-state index contributed by atoms with van der Waals surface area (Å²) >= 11 is 0. The zero-order chi connectivity index (χ0) is 13.8. The lowest BCUT2D eigenvalue weighted by molar-refractivity contribution is 0.337. The van der Waals surface area contributed by atoms with Crippen LogP contribution in [-0.4, -0.2) is 22.9 Å². The summed E-state index contributed by atoms with van der Waals surface area (Å²) in [6, 6.07) is 4.91. The Morgan fingerprint density at radius 2 is 2.10 bits per heavy atom. The third kappa shape index (κ3) is 3.33. The van der Waals surface area contributed by atoms with E-state index in [2.05, 4.69) is 10.3 Å². The van der Waals surface area contributed by atoms with Gasteiger partial charge in [-0.1, -0.05) is 19.3 Å². The zero-order valence-corrected chi connectivity index (χ0v) is 11.9. The average Bonchev–Trinajstić information content (AvgIpc) is 3.20. The summed E-state index contributed by atoms with van der Waals surface area (Å²) < 4.78 is 5.46. The third-order valence-electron chi connectivity index (χ3n) is 4.17. The van der Waals surface area contributed by atoms with E-state index in [9.17, 15) is 0 Å². The van der Waals surface area contributed by atoms with Crippen LogP contribution in [0.1, 0.15) is 50.7 Å². The maximum atomic E-state index is 5.73. The Hall–Kier alpha value is -1.49. The summed E-state index contributed by atoms with van der Waals surface area (Å²) in [6.07, 6.45) is 10.4. The van der Waals surface area contributed by atoms with E-state index in [4.69, 9.17) is 15.3 Å². The SMILES string of the molecule is NNC(=NC1CCCCC1)N(Cc1ccco1)C1CC1. The maximum absolute atomic E-state index is 5.73. The second-order valence-corrected chi connectivity index (χ2v) is 5.83. The van der Waals surface area contributed by atoms with Gasteiger partial charge in [0.05, 0.1) is 18.8 Å². The highest BCUT2D eigenvalue weighted by molar-refractivity contribution is 5.80. The van der Waals surface area contributed by atoms with Crippen LogP contribution in [0.2, 0.25) is 0 Å². The molecular weight excluding hydrogens is 252 g/mol. The summed E-state index contributed by atoms with van der Waals surface area (Å²) in [5.74, 6) is 7.52. The van der Waals surface area contributed by atoms with Crippen LogP contribution >= 0.6 is 0 Å². The molecule has 1 aromatic rings. The van der Waals surface area contributed by atoms with Gasteiger partial charge in [-0.05, 0) is 37.8 Å². The van der Waals surface area contributed by atoms with Crippen LogP contribution in [0.4, 0.5) is 0 Å². The van der Waals surface area contributed by atoms with Crippen molar-refractivity contribution in [2.75, 3.05) is 0 Å². The van der Waals surface area contributed by atoms with Crippen LogP contribution in [0, 0.1) is 0 Å². The van der Waals surface area contributed by atoms with Crippen molar-refractivity contribution in [2.45, 2.75) is 63.6 Å². The van der Waals surface area contributed by atoms with Crippen molar-refractivity contribution < 1.29 is 4.42 Å². The lowest BCUT2D eigenvalue weighted by Gasteiger charge is -2.27. The molecule has 110 valence electrons. The van der Waals surface area contributed by atoms with Crippen molar-refractivity contribution in [2.24, 2.45) is 10.8 Å². The Labute approximate surface area is 120 Å². The van der Waals surface area contributed by atoms with Gasteiger partial charge in [0, 0.05) is 6.04 Å². The first-order valence-corrected chi connectivity index (χ1v) is 7.70. The minimum absolute atomic E-state index is 0.424. The number of hydrazine groups is 1. The molecule has 0 radical (unpaired) electrons. The van der Waals surface area contributed by atoms with Crippen LogP contribution in [-0.2, 0) is 6.54 Å². The molecule has 5 nitrogen and oxygen atoms in total. The van der Waals surface area contributed by atoms with E-state index in [1.807, 2.05) is 12.1 Å². The van der Waals surface area contributed by atoms with Gasteiger partial charge < -0.3 is 9.32 Å². The number of aliphatic imine (C=N–C) groups is 1. The highest BCUT2D eigenvalue weighted by Crippen LogP contribution is 2.29. The van der Waals surface area contributed by atoms with Gasteiger partial charge in [0.1, 0.15) is 5.76 Å². The lowest BCUT2D eigenvalue weighted by atomic mass is 9.96. The number of nitrogens with zero attached hydrogens (tertiary/aromatic N) is 2. The molecule has 0 bridgehead atoms. The zero-order valence-electron chi connectivity index (χ0n) is 11.9. The predicted octanol–water partition coefficient (Wildman–Crippen LogP) is 2.40. The Morgan fingerprint density at radius 1 is 1.30 bits per heavy atom. The fraction of sp³-hybridized carbons (Fsp3) is 0.667. The van der Waals surface area contributed by atoms with Crippen LogP contribution in [0.25, 0.3) is 0 Å². The van der Waals surface area contributed by atoms with E-state index >= 15 is 0 Å². The summed E-state index contributed by atoms with van der Waals surface area (Å²) in [5.41, 5.74) is 2.82. The molecule has 0 unspecified atom stereocenters. The number of nitrogens with one attached hydrogen (secondary N) is 1. The second kappa shape index (κ2) is 6.31. The van der Waals surface area contributed by atoms with E-state index in [-0.39, 0.29) is 0 Å². The topological polar surface area (TPSA) is 66.8 Å². The number of rotatable bonds is 4. The monoisotopic (exact) mass is 276 g/mol. The molecule has 0 aliphatic heterocycles. The van der Waals surface area contributed by atoms with Gasteiger partial charge in [0.2, 0.25) is 5.96 Å². The standard InChI is InChI=1S/C15H24N4O/c16-18-15(17-12-5-2-1-3-6-12)19(13-8-9-13)11-14-7-4-10-20-14/h4,7,10,12-13H,1-3,5-6,8-9,11,16H2,(H,17,18). The molecular formula is C15H24N4O. The Morgan fingerprint density at radius 3 is 2.70 bits per heavy atom. The van der Waals surface area contributed by atoms with E-state index in [0.29, 0.717) is 12.1 Å². The minimum atomic E-state index is 0.424. The largest absolute Gasteiger partial charge is 0.467 e. The van der Waals surface area contributed by atoms with Crippen molar-refractivity contribution in [3.63, 3.8) is 0 Å². The highest BCUT2D eigenvalue weighted by Gasteiger charge is 2.32. The van der Waals surface area contributed by atoms with Gasteiger partial charge in [-0.25, -0.2) is 10.8 Å². The molecule has 5 heteroatoms. The molecule has 2 fully saturated rings. The van der Waals surface area contributed by atoms with Gasteiger partial charge in [-0.15, -0.1) is 0 Å². The molecule has 2 aliphatic rings. The molecule has 0 spiro atoms. The molecule has 3 N–H and O–H groups in total. The van der Waals surface area contributed by atoms with Crippen molar-refractivity contribution in [1.29, 1.82) is 0 Å². The van der Waals surface area contributed by atoms with Gasteiger partial charge in [-0.2, -0.15) is 0 Å². The Bertz CT molecular complexity index is 433. The summed E-state index contributed by atoms with van der Waals surface area (Å²) in [4.78, 5) is 7.12. The number of furan rings is 1. The van der Waals surface area contributed by atoms with E-state index < -0.39 is 0 Å². The third-order valence-corrected chi connectivity index (χ3v) is 4.17. The summed E-state index contributed by atoms with van der Waals surface area (Å²) in [6.45, 7) is 0.743. The second-order valence-electron chi connectivity index (χ2n) is 5.83. The van der Waals surface area contributed by atoms with Crippen molar-refractivity contribution >= 4 is 5.96 Å². The molecule has 3 rings (SSSR count). The Kier molecular flexibility index (Phi) is 4.25. The van der Waals surface area contributed by atoms with Crippen molar-refractivity contribution in [3.05, 3.63) is 24.2 Å². The lowest BCUT2D eigenvalue weighted by Crippen LogP contribution is -2.46. The predicted molar refractivity (Wildman–Crippen MR) is 78.9 cm³/mol. The fourth-order valence-electron chi connectivity index (χ4n) is 2.91. The average molecular weight is 276 g/mol. The molecule has 20 heavy (non-hydrogen) atoms.